The first-order valence-corrected chi connectivity index (χ1v) is 15.5. The Labute approximate surface area is 256 Å². The Kier molecular flexibility index (Phi) is 11.5. The summed E-state index contributed by atoms with van der Waals surface area (Å²) in [6.07, 6.45) is 0.942. The van der Waals surface area contributed by atoms with Crippen LogP contribution in [0.4, 0.5) is 11.4 Å². The summed E-state index contributed by atoms with van der Waals surface area (Å²) in [7, 11) is -3.05. The summed E-state index contributed by atoms with van der Waals surface area (Å²) in [5.41, 5.74) is 0.609. The maximum absolute atomic E-state index is 14.1. The molecule has 0 aliphatic rings. The van der Waals surface area contributed by atoms with Crippen molar-refractivity contribution >= 4 is 44.8 Å². The summed E-state index contributed by atoms with van der Waals surface area (Å²) >= 11 is 6.41. The van der Waals surface area contributed by atoms with Crippen molar-refractivity contribution in [3.05, 3.63) is 93.0 Å². The van der Waals surface area contributed by atoms with Crippen molar-refractivity contribution < 1.29 is 27.7 Å². The highest BCUT2D eigenvalue weighted by molar-refractivity contribution is 7.92. The van der Waals surface area contributed by atoms with Gasteiger partial charge in [-0.05, 0) is 61.7 Å². The molecular weight excluding hydrogens is 596 g/mol. The summed E-state index contributed by atoms with van der Waals surface area (Å²) in [6, 6.07) is 15.5. The number of rotatable bonds is 14. The second kappa shape index (κ2) is 14.8. The number of anilines is 1. The zero-order chi connectivity index (χ0) is 31.7. The molecule has 230 valence electrons. The molecule has 3 aromatic carbocycles. The molecular formula is C30H35ClN4O7S. The van der Waals surface area contributed by atoms with Crippen LogP contribution in [-0.4, -0.2) is 56.3 Å². The normalized spacial score (nSPS) is 11.8. The van der Waals surface area contributed by atoms with E-state index >= 15 is 0 Å². The van der Waals surface area contributed by atoms with E-state index in [4.69, 9.17) is 16.3 Å². The smallest absolute Gasteiger partial charge is 0.273 e. The molecule has 13 heteroatoms. The highest BCUT2D eigenvalue weighted by Crippen LogP contribution is 2.30. The van der Waals surface area contributed by atoms with Gasteiger partial charge in [0.25, 0.3) is 15.7 Å². The van der Waals surface area contributed by atoms with Gasteiger partial charge >= 0.3 is 0 Å². The van der Waals surface area contributed by atoms with Crippen LogP contribution in [0.3, 0.4) is 0 Å². The number of aryl methyl sites for hydroxylation is 1. The van der Waals surface area contributed by atoms with Crippen LogP contribution in [0, 0.1) is 17.0 Å². The Morgan fingerprint density at radius 2 is 1.74 bits per heavy atom. The van der Waals surface area contributed by atoms with Gasteiger partial charge in [-0.25, -0.2) is 8.42 Å². The third-order valence-electron chi connectivity index (χ3n) is 6.84. The Hall–Kier alpha value is -4.16. The van der Waals surface area contributed by atoms with E-state index in [1.54, 1.807) is 31.2 Å². The minimum atomic E-state index is -4.51. The Bertz CT molecular complexity index is 1560. The van der Waals surface area contributed by atoms with E-state index < -0.39 is 33.4 Å². The summed E-state index contributed by atoms with van der Waals surface area (Å²) in [5.74, 6) is -0.588. The average Bonchev–Trinajstić information content (AvgIpc) is 2.99. The highest BCUT2D eigenvalue weighted by atomic mass is 35.5. The molecule has 0 bridgehead atoms. The van der Waals surface area contributed by atoms with Crippen LogP contribution in [0.25, 0.3) is 0 Å². The molecule has 0 heterocycles. The van der Waals surface area contributed by atoms with Crippen molar-refractivity contribution in [2.45, 2.75) is 51.1 Å². The first kappa shape index (κ1) is 33.3. The van der Waals surface area contributed by atoms with Crippen LogP contribution in [0.15, 0.2) is 71.6 Å². The van der Waals surface area contributed by atoms with Crippen molar-refractivity contribution in [1.29, 1.82) is 0 Å². The molecule has 3 rings (SSSR count). The summed E-state index contributed by atoms with van der Waals surface area (Å²) in [4.78, 5) is 39.2. The number of benzene rings is 3. The average molecular weight is 631 g/mol. The number of methoxy groups -OCH3 is 1. The lowest BCUT2D eigenvalue weighted by Gasteiger charge is -2.33. The van der Waals surface area contributed by atoms with Crippen molar-refractivity contribution in [3.8, 4) is 5.75 Å². The molecule has 0 saturated carbocycles. The summed E-state index contributed by atoms with van der Waals surface area (Å²) in [5, 5.41) is 14.8. The monoisotopic (exact) mass is 630 g/mol. The molecule has 0 aliphatic heterocycles. The van der Waals surface area contributed by atoms with Gasteiger partial charge in [0.2, 0.25) is 11.8 Å². The third kappa shape index (κ3) is 8.02. The lowest BCUT2D eigenvalue weighted by atomic mass is 10.1. The SMILES string of the molecule is CCCNC(=O)[C@@H](CC)N(Cc1ccccc1Cl)C(=O)CN(c1ccc(OC)cc1)S(=O)(=O)c1ccc(C)c([N+](=O)[O-])c1. The molecule has 0 spiro atoms. The van der Waals surface area contributed by atoms with E-state index in [-0.39, 0.29) is 40.7 Å². The molecule has 0 saturated heterocycles. The largest absolute Gasteiger partial charge is 0.497 e. The molecule has 3 aromatic rings. The van der Waals surface area contributed by atoms with E-state index in [0.717, 1.165) is 10.4 Å². The van der Waals surface area contributed by atoms with Gasteiger partial charge in [-0.2, -0.15) is 0 Å². The van der Waals surface area contributed by atoms with E-state index in [0.29, 0.717) is 29.3 Å². The van der Waals surface area contributed by atoms with Gasteiger partial charge in [0, 0.05) is 29.7 Å². The number of ether oxygens (including phenoxy) is 1. The van der Waals surface area contributed by atoms with Crippen LogP contribution in [-0.2, 0) is 26.2 Å². The van der Waals surface area contributed by atoms with Crippen molar-refractivity contribution in [2.24, 2.45) is 0 Å². The number of nitro benzene ring substituents is 1. The number of halogens is 1. The number of nitrogens with zero attached hydrogens (tertiary/aromatic N) is 3. The number of hydrogen-bond acceptors (Lipinski definition) is 7. The Morgan fingerprint density at radius 1 is 1.07 bits per heavy atom. The molecule has 0 fully saturated rings. The van der Waals surface area contributed by atoms with Crippen LogP contribution in [0.2, 0.25) is 5.02 Å². The zero-order valence-electron chi connectivity index (χ0n) is 24.4. The van der Waals surface area contributed by atoms with Crippen LogP contribution in [0.5, 0.6) is 5.75 Å². The third-order valence-corrected chi connectivity index (χ3v) is 8.98. The second-order valence-electron chi connectivity index (χ2n) is 9.74. The van der Waals surface area contributed by atoms with Crippen LogP contribution in [0.1, 0.15) is 37.8 Å². The standard InChI is InChI=1S/C30H35ClN4O7S/c1-5-17-32-30(37)27(6-2)33(19-22-9-7-8-10-26(22)31)29(36)20-34(23-12-14-24(42-4)15-13-23)43(40,41)25-16-11-21(3)28(18-25)35(38)39/h7-16,18,27H,5-6,17,19-20H2,1-4H3,(H,32,37)/t27-/m1/s1. The van der Waals surface area contributed by atoms with Gasteiger partial charge in [-0.15, -0.1) is 0 Å². The molecule has 11 nitrogen and oxygen atoms in total. The molecule has 2 amide bonds. The fraction of sp³-hybridized carbons (Fsp3) is 0.333. The van der Waals surface area contributed by atoms with Crippen LogP contribution < -0.4 is 14.4 Å². The van der Waals surface area contributed by atoms with Crippen molar-refractivity contribution in [3.63, 3.8) is 0 Å². The van der Waals surface area contributed by atoms with Gasteiger partial charge in [-0.1, -0.05) is 49.7 Å². The first-order chi connectivity index (χ1) is 20.4. The van der Waals surface area contributed by atoms with Gasteiger partial charge in [0.1, 0.15) is 18.3 Å². The maximum Gasteiger partial charge on any atom is 0.273 e. The molecule has 1 atom stereocenters. The minimum Gasteiger partial charge on any atom is -0.497 e. The Morgan fingerprint density at radius 3 is 2.33 bits per heavy atom. The first-order valence-electron chi connectivity index (χ1n) is 13.7. The quantitative estimate of drug-likeness (QED) is 0.193. The zero-order valence-corrected chi connectivity index (χ0v) is 26.0. The van der Waals surface area contributed by atoms with E-state index in [9.17, 15) is 28.1 Å². The van der Waals surface area contributed by atoms with Crippen molar-refractivity contribution in [2.75, 3.05) is 24.5 Å². The number of amides is 2. The number of nitrogens with one attached hydrogen (secondary N) is 1. The molecule has 43 heavy (non-hydrogen) atoms. The fourth-order valence-corrected chi connectivity index (χ4v) is 6.08. The van der Waals surface area contributed by atoms with Crippen LogP contribution >= 0.6 is 11.6 Å². The fourth-order valence-electron chi connectivity index (χ4n) is 4.45. The second-order valence-corrected chi connectivity index (χ2v) is 12.0. The van der Waals surface area contributed by atoms with Crippen molar-refractivity contribution in [1.82, 2.24) is 10.2 Å². The number of hydrogen-bond donors (Lipinski definition) is 1. The predicted molar refractivity (Wildman–Crippen MR) is 165 cm³/mol. The summed E-state index contributed by atoms with van der Waals surface area (Å²) < 4.78 is 34.2. The lowest BCUT2D eigenvalue weighted by molar-refractivity contribution is -0.385. The minimum absolute atomic E-state index is 0.0525. The number of carbonyl (C=O) groups is 2. The molecule has 0 unspecified atom stereocenters. The van der Waals surface area contributed by atoms with Gasteiger partial charge in [0.15, 0.2) is 0 Å². The van der Waals surface area contributed by atoms with Gasteiger partial charge in [0.05, 0.1) is 22.6 Å². The lowest BCUT2D eigenvalue weighted by Crippen LogP contribution is -2.52. The molecule has 0 radical (unpaired) electrons. The maximum atomic E-state index is 14.1. The molecule has 1 N–H and O–H groups in total. The topological polar surface area (TPSA) is 139 Å². The summed E-state index contributed by atoms with van der Waals surface area (Å²) in [6.45, 7) is 4.82. The van der Waals surface area contributed by atoms with E-state index in [1.807, 2.05) is 6.92 Å². The van der Waals surface area contributed by atoms with Gasteiger partial charge in [-0.3, -0.25) is 24.0 Å². The number of nitro groups is 1. The highest BCUT2D eigenvalue weighted by Gasteiger charge is 2.34. The molecule has 0 aliphatic carbocycles. The van der Waals surface area contributed by atoms with E-state index in [2.05, 4.69) is 5.32 Å². The Balaban J connectivity index is 2.12. The predicted octanol–water partition coefficient (Wildman–Crippen LogP) is 5.09. The number of sulfonamides is 1. The number of carbonyl (C=O) groups excluding carboxylic acids is 2. The van der Waals surface area contributed by atoms with Gasteiger partial charge < -0.3 is 15.0 Å². The van der Waals surface area contributed by atoms with E-state index in [1.165, 1.54) is 55.3 Å². The molecule has 0 aromatic heterocycles.